The minimum absolute atomic E-state index is 0.140. The van der Waals surface area contributed by atoms with E-state index >= 15 is 0 Å². The molecule has 4 heteroatoms. The van der Waals surface area contributed by atoms with Gasteiger partial charge in [0.25, 0.3) is 0 Å². The van der Waals surface area contributed by atoms with Gasteiger partial charge in [0.15, 0.2) is 0 Å². The van der Waals surface area contributed by atoms with E-state index in [9.17, 15) is 4.79 Å². The Morgan fingerprint density at radius 3 is 2.82 bits per heavy atom. The van der Waals surface area contributed by atoms with Crippen LogP contribution < -0.4 is 0 Å². The third-order valence-corrected chi connectivity index (χ3v) is 3.30. The summed E-state index contributed by atoms with van der Waals surface area (Å²) in [7, 11) is 0. The number of aliphatic carboxylic acids is 1. The molecule has 0 saturated heterocycles. The summed E-state index contributed by atoms with van der Waals surface area (Å²) >= 11 is 0. The highest BCUT2D eigenvalue weighted by molar-refractivity contribution is 5.66. The highest BCUT2D eigenvalue weighted by atomic mass is 16.4. The van der Waals surface area contributed by atoms with E-state index in [1.807, 2.05) is 6.07 Å². The molecule has 0 bridgehead atoms. The highest BCUT2D eigenvalue weighted by Crippen LogP contribution is 2.30. The Labute approximate surface area is 101 Å². The molecule has 0 atom stereocenters. The van der Waals surface area contributed by atoms with Crippen LogP contribution in [-0.4, -0.2) is 21.0 Å². The molecule has 0 radical (unpaired) electrons. The Bertz CT molecular complexity index is 387. The van der Waals surface area contributed by atoms with Crippen molar-refractivity contribution >= 4 is 5.97 Å². The van der Waals surface area contributed by atoms with Gasteiger partial charge < -0.3 is 5.11 Å². The van der Waals surface area contributed by atoms with Crippen LogP contribution in [0.4, 0.5) is 0 Å². The molecule has 1 aromatic rings. The first-order valence-corrected chi connectivity index (χ1v) is 6.29. The largest absolute Gasteiger partial charge is 0.481 e. The van der Waals surface area contributed by atoms with Crippen molar-refractivity contribution in [2.24, 2.45) is 0 Å². The number of rotatable bonds is 4. The van der Waals surface area contributed by atoms with Crippen LogP contribution in [0.15, 0.2) is 12.3 Å². The van der Waals surface area contributed by atoms with Crippen LogP contribution in [0.25, 0.3) is 0 Å². The number of carboxylic acid groups (broad SMARTS) is 1. The standard InChI is InChI=1S/C13H18N2O2/c16-12(17)7-6-11-8-9-14-13(15-11)10-4-2-1-3-5-10/h8-10H,1-7H2,(H,16,17). The van der Waals surface area contributed by atoms with Crippen molar-refractivity contribution in [3.8, 4) is 0 Å². The van der Waals surface area contributed by atoms with E-state index in [1.54, 1.807) is 6.20 Å². The van der Waals surface area contributed by atoms with E-state index in [4.69, 9.17) is 5.11 Å². The molecule has 1 aliphatic carbocycles. The molecule has 1 heterocycles. The van der Waals surface area contributed by atoms with Gasteiger partial charge in [-0.3, -0.25) is 4.79 Å². The van der Waals surface area contributed by atoms with Gasteiger partial charge in [-0.1, -0.05) is 19.3 Å². The Hall–Kier alpha value is -1.45. The van der Waals surface area contributed by atoms with Crippen LogP contribution >= 0.6 is 0 Å². The van der Waals surface area contributed by atoms with Crippen LogP contribution in [0.2, 0.25) is 0 Å². The smallest absolute Gasteiger partial charge is 0.303 e. The SMILES string of the molecule is O=C(O)CCc1ccnc(C2CCCCC2)n1. The van der Waals surface area contributed by atoms with Gasteiger partial charge in [-0.05, 0) is 18.9 Å². The van der Waals surface area contributed by atoms with Crippen LogP contribution in [0, 0.1) is 0 Å². The van der Waals surface area contributed by atoms with Gasteiger partial charge in [-0.25, -0.2) is 9.97 Å². The summed E-state index contributed by atoms with van der Waals surface area (Å²) in [5.74, 6) is 0.615. The molecular weight excluding hydrogens is 216 g/mol. The van der Waals surface area contributed by atoms with Gasteiger partial charge in [-0.2, -0.15) is 0 Å². The molecule has 1 saturated carbocycles. The second-order valence-corrected chi connectivity index (χ2v) is 4.63. The molecule has 0 aromatic carbocycles. The van der Waals surface area contributed by atoms with Crippen molar-refractivity contribution in [1.29, 1.82) is 0 Å². The molecule has 1 N–H and O–H groups in total. The van der Waals surface area contributed by atoms with Crippen molar-refractivity contribution in [2.75, 3.05) is 0 Å². The molecule has 0 spiro atoms. The zero-order valence-corrected chi connectivity index (χ0v) is 9.93. The fraction of sp³-hybridized carbons (Fsp3) is 0.615. The third kappa shape index (κ3) is 3.51. The lowest BCUT2D eigenvalue weighted by atomic mass is 9.88. The summed E-state index contributed by atoms with van der Waals surface area (Å²) in [5, 5.41) is 8.65. The summed E-state index contributed by atoms with van der Waals surface area (Å²) in [6.07, 6.45) is 8.56. The summed E-state index contributed by atoms with van der Waals surface area (Å²) in [4.78, 5) is 19.3. The maximum Gasteiger partial charge on any atom is 0.303 e. The second kappa shape index (κ2) is 5.75. The van der Waals surface area contributed by atoms with Crippen molar-refractivity contribution in [3.63, 3.8) is 0 Å². The lowest BCUT2D eigenvalue weighted by molar-refractivity contribution is -0.136. The molecule has 92 valence electrons. The van der Waals surface area contributed by atoms with E-state index < -0.39 is 5.97 Å². The average Bonchev–Trinajstić information content (AvgIpc) is 2.38. The van der Waals surface area contributed by atoms with Crippen molar-refractivity contribution in [1.82, 2.24) is 9.97 Å². The lowest BCUT2D eigenvalue weighted by Crippen LogP contribution is -2.10. The van der Waals surface area contributed by atoms with E-state index in [1.165, 1.54) is 32.1 Å². The first-order chi connectivity index (χ1) is 8.25. The fourth-order valence-electron chi connectivity index (χ4n) is 2.34. The normalized spacial score (nSPS) is 16.9. The van der Waals surface area contributed by atoms with Gasteiger partial charge in [0, 0.05) is 24.2 Å². The van der Waals surface area contributed by atoms with Gasteiger partial charge in [0.2, 0.25) is 0 Å². The third-order valence-electron chi connectivity index (χ3n) is 3.30. The first-order valence-electron chi connectivity index (χ1n) is 6.29. The van der Waals surface area contributed by atoms with E-state index in [2.05, 4.69) is 9.97 Å². The van der Waals surface area contributed by atoms with Crippen molar-refractivity contribution < 1.29 is 9.90 Å². The highest BCUT2D eigenvalue weighted by Gasteiger charge is 2.18. The number of hydrogen-bond acceptors (Lipinski definition) is 3. The van der Waals surface area contributed by atoms with Crippen LogP contribution in [-0.2, 0) is 11.2 Å². The van der Waals surface area contributed by atoms with Crippen LogP contribution in [0.3, 0.4) is 0 Å². The van der Waals surface area contributed by atoms with Gasteiger partial charge >= 0.3 is 5.97 Å². The van der Waals surface area contributed by atoms with E-state index in [-0.39, 0.29) is 6.42 Å². The number of carboxylic acids is 1. The predicted molar refractivity (Wildman–Crippen MR) is 63.8 cm³/mol. The van der Waals surface area contributed by atoms with Gasteiger partial charge in [-0.15, -0.1) is 0 Å². The Morgan fingerprint density at radius 2 is 2.12 bits per heavy atom. The molecule has 1 aromatic heterocycles. The van der Waals surface area contributed by atoms with Gasteiger partial charge in [0.05, 0.1) is 6.42 Å². The Kier molecular flexibility index (Phi) is 4.07. The van der Waals surface area contributed by atoms with Gasteiger partial charge in [0.1, 0.15) is 5.82 Å². The monoisotopic (exact) mass is 234 g/mol. The van der Waals surface area contributed by atoms with Crippen molar-refractivity contribution in [3.05, 3.63) is 23.8 Å². The predicted octanol–water partition coefficient (Wildman–Crippen LogP) is 2.54. The molecule has 1 aliphatic rings. The van der Waals surface area contributed by atoms with E-state index in [0.717, 1.165) is 11.5 Å². The van der Waals surface area contributed by atoms with Crippen molar-refractivity contribution in [2.45, 2.75) is 50.9 Å². The van der Waals surface area contributed by atoms with Crippen LogP contribution in [0.1, 0.15) is 56.0 Å². The number of nitrogens with zero attached hydrogens (tertiary/aromatic N) is 2. The Balaban J connectivity index is 2.02. The summed E-state index contributed by atoms with van der Waals surface area (Å²) in [5.41, 5.74) is 0.850. The first kappa shape index (κ1) is 12.0. The molecular formula is C13H18N2O2. The number of aromatic nitrogens is 2. The molecule has 17 heavy (non-hydrogen) atoms. The molecule has 1 fully saturated rings. The molecule has 4 nitrogen and oxygen atoms in total. The molecule has 0 aliphatic heterocycles. The Morgan fingerprint density at radius 1 is 1.35 bits per heavy atom. The topological polar surface area (TPSA) is 63.1 Å². The maximum absolute atomic E-state index is 10.5. The maximum atomic E-state index is 10.5. The second-order valence-electron chi connectivity index (χ2n) is 4.63. The summed E-state index contributed by atoms with van der Waals surface area (Å²) < 4.78 is 0. The quantitative estimate of drug-likeness (QED) is 0.869. The zero-order chi connectivity index (χ0) is 12.1. The minimum Gasteiger partial charge on any atom is -0.481 e. The van der Waals surface area contributed by atoms with Crippen LogP contribution in [0.5, 0.6) is 0 Å². The minimum atomic E-state index is -0.775. The molecule has 0 unspecified atom stereocenters. The number of hydrogen-bond donors (Lipinski definition) is 1. The fourth-order valence-corrected chi connectivity index (χ4v) is 2.34. The number of aryl methyl sites for hydroxylation is 1. The molecule has 2 rings (SSSR count). The number of carbonyl (C=O) groups is 1. The summed E-state index contributed by atoms with van der Waals surface area (Å²) in [6.45, 7) is 0. The van der Waals surface area contributed by atoms with E-state index in [0.29, 0.717) is 12.3 Å². The lowest BCUT2D eigenvalue weighted by Gasteiger charge is -2.20. The average molecular weight is 234 g/mol. The zero-order valence-electron chi connectivity index (χ0n) is 9.93. The summed E-state index contributed by atoms with van der Waals surface area (Å²) in [6, 6.07) is 1.81. The molecule has 0 amide bonds.